The highest BCUT2D eigenvalue weighted by Gasteiger charge is 2.24. The molecule has 2 heterocycles. The predicted octanol–water partition coefficient (Wildman–Crippen LogP) is 4.99. The molecule has 2 aromatic carbocycles. The lowest BCUT2D eigenvalue weighted by Crippen LogP contribution is -2.16. The minimum atomic E-state index is -4.08. The Labute approximate surface area is 237 Å². The number of nitrogens with one attached hydrogen (secondary N) is 1. The fourth-order valence-corrected chi connectivity index (χ4v) is 4.84. The highest BCUT2D eigenvalue weighted by atomic mass is 32.2. The molecular formula is C28H30N4O8S. The molecule has 0 aliphatic carbocycles. The molecule has 0 saturated heterocycles. The fraction of sp³-hybridized carbons (Fsp3) is 0.286. The van der Waals surface area contributed by atoms with Crippen LogP contribution in [-0.2, 0) is 21.9 Å². The summed E-state index contributed by atoms with van der Waals surface area (Å²) < 4.78 is 51.1. The normalized spacial score (nSPS) is 11.6. The van der Waals surface area contributed by atoms with Crippen LogP contribution in [0.1, 0.15) is 48.1 Å². The number of hydrogen-bond donors (Lipinski definition) is 2. The molecule has 0 saturated carbocycles. The molecule has 0 amide bonds. The first kappa shape index (κ1) is 29.3. The smallest absolute Gasteiger partial charge is 0.375 e. The summed E-state index contributed by atoms with van der Waals surface area (Å²) in [4.78, 5) is 19.7. The summed E-state index contributed by atoms with van der Waals surface area (Å²) in [6, 6.07) is 13.2. The van der Waals surface area contributed by atoms with Crippen LogP contribution in [-0.4, -0.2) is 48.3 Å². The zero-order valence-electron chi connectivity index (χ0n) is 23.2. The van der Waals surface area contributed by atoms with Crippen LogP contribution in [0.5, 0.6) is 23.1 Å². The van der Waals surface area contributed by atoms with Crippen molar-refractivity contribution in [2.45, 2.75) is 44.4 Å². The van der Waals surface area contributed by atoms with Crippen LogP contribution in [0, 0.1) is 6.92 Å². The van der Waals surface area contributed by atoms with Gasteiger partial charge in [-0.3, -0.25) is 4.72 Å². The van der Waals surface area contributed by atoms with Crippen molar-refractivity contribution in [3.8, 4) is 23.1 Å². The van der Waals surface area contributed by atoms with E-state index in [0.29, 0.717) is 22.8 Å². The third-order valence-electron chi connectivity index (χ3n) is 6.06. The van der Waals surface area contributed by atoms with Gasteiger partial charge in [0, 0.05) is 18.1 Å². The number of aryl methyl sites for hydroxylation is 1. The fourth-order valence-electron chi connectivity index (χ4n) is 3.83. The minimum Gasteiger partial charge on any atom is -0.497 e. The summed E-state index contributed by atoms with van der Waals surface area (Å²) in [6.07, 6.45) is 1.25. The first-order chi connectivity index (χ1) is 19.4. The molecule has 12 nitrogen and oxygen atoms in total. The zero-order valence-corrected chi connectivity index (χ0v) is 24.0. The Morgan fingerprint density at radius 2 is 1.78 bits per heavy atom. The molecule has 216 valence electrons. The van der Waals surface area contributed by atoms with Crippen LogP contribution in [0.3, 0.4) is 0 Å². The average Bonchev–Trinajstić information content (AvgIpc) is 3.30. The topological polar surface area (TPSA) is 163 Å². The Kier molecular flexibility index (Phi) is 8.47. The first-order valence-electron chi connectivity index (χ1n) is 12.5. The second-order valence-electron chi connectivity index (χ2n) is 10.00. The van der Waals surface area contributed by atoms with E-state index >= 15 is 0 Å². The van der Waals surface area contributed by atoms with E-state index in [1.165, 1.54) is 19.2 Å². The summed E-state index contributed by atoms with van der Waals surface area (Å²) in [5, 5.41) is 13.1. The molecule has 2 N–H and O–H groups in total. The van der Waals surface area contributed by atoms with Crippen LogP contribution in [0.2, 0.25) is 0 Å². The Morgan fingerprint density at radius 3 is 2.44 bits per heavy atom. The van der Waals surface area contributed by atoms with Gasteiger partial charge in [0.05, 0.1) is 24.3 Å². The van der Waals surface area contributed by atoms with Crippen LogP contribution in [0.4, 0.5) is 5.82 Å². The van der Waals surface area contributed by atoms with Crippen LogP contribution in [0.15, 0.2) is 64.3 Å². The number of anilines is 1. The number of nitrogens with zero attached hydrogens (tertiary/aromatic N) is 3. The van der Waals surface area contributed by atoms with E-state index in [1.54, 1.807) is 43.3 Å². The monoisotopic (exact) mass is 582 g/mol. The molecule has 0 unspecified atom stereocenters. The van der Waals surface area contributed by atoms with E-state index in [0.717, 1.165) is 11.9 Å². The number of hydrogen-bond acceptors (Lipinski definition) is 10. The van der Waals surface area contributed by atoms with Crippen molar-refractivity contribution in [1.82, 2.24) is 15.1 Å². The highest BCUT2D eigenvalue weighted by Crippen LogP contribution is 2.38. The van der Waals surface area contributed by atoms with E-state index in [-0.39, 0.29) is 46.5 Å². The van der Waals surface area contributed by atoms with Crippen molar-refractivity contribution in [3.63, 3.8) is 0 Å². The number of aromatic nitrogens is 3. The van der Waals surface area contributed by atoms with Gasteiger partial charge in [-0.1, -0.05) is 44.1 Å². The molecule has 0 radical (unpaired) electrons. The number of methoxy groups -OCH3 is 1. The maximum Gasteiger partial charge on any atom is 0.375 e. The summed E-state index contributed by atoms with van der Waals surface area (Å²) in [5.41, 5.74) is 1.60. The van der Waals surface area contributed by atoms with Gasteiger partial charge >= 0.3 is 5.97 Å². The molecule has 2 aromatic heterocycles. The van der Waals surface area contributed by atoms with Gasteiger partial charge in [-0.25, -0.2) is 18.2 Å². The van der Waals surface area contributed by atoms with Gasteiger partial charge in [-0.2, -0.15) is 4.98 Å². The predicted molar refractivity (Wildman–Crippen MR) is 148 cm³/mol. The molecule has 4 rings (SSSR count). The maximum absolute atomic E-state index is 13.3. The van der Waals surface area contributed by atoms with Crippen molar-refractivity contribution < 1.29 is 37.1 Å². The number of sulfonamides is 1. The molecule has 0 aliphatic rings. The Bertz CT molecular complexity index is 1640. The number of rotatable bonds is 11. The maximum atomic E-state index is 13.3. The Hall–Kier alpha value is -4.65. The molecule has 0 aliphatic heterocycles. The van der Waals surface area contributed by atoms with Crippen LogP contribution in [0.25, 0.3) is 0 Å². The van der Waals surface area contributed by atoms with Gasteiger partial charge in [0.2, 0.25) is 11.5 Å². The Morgan fingerprint density at radius 1 is 1.07 bits per heavy atom. The van der Waals surface area contributed by atoms with E-state index in [4.69, 9.17) is 18.7 Å². The molecule has 0 spiro atoms. The number of aromatic carboxylic acids is 1. The summed E-state index contributed by atoms with van der Waals surface area (Å²) in [5.74, 6) is -1.06. The molecule has 4 aromatic rings. The lowest BCUT2D eigenvalue weighted by molar-refractivity contribution is 0.0650. The lowest BCUT2D eigenvalue weighted by atomic mass is 9.87. The largest absolute Gasteiger partial charge is 0.497 e. The lowest BCUT2D eigenvalue weighted by Gasteiger charge is -2.19. The van der Waals surface area contributed by atoms with Gasteiger partial charge < -0.3 is 23.8 Å². The molecule has 0 fully saturated rings. The van der Waals surface area contributed by atoms with Gasteiger partial charge in [-0.15, -0.1) is 0 Å². The van der Waals surface area contributed by atoms with Gasteiger partial charge in [-0.05, 0) is 42.2 Å². The standard InChI is InChI=1S/C28H30N4O8S/c1-17-22(23(27(33)34)40-31-17)13-14-38-26-24(39-20-8-6-7-19(15-20)37-5)25(29-16-30-26)32-41(35,36)21-11-9-18(10-12-21)28(2,3)4/h6-12,15-16H,13-14H2,1-5H3,(H,33,34)(H,29,30,32). The second-order valence-corrected chi connectivity index (χ2v) is 11.7. The molecule has 0 bridgehead atoms. The van der Waals surface area contributed by atoms with E-state index in [1.807, 2.05) is 20.8 Å². The average molecular weight is 583 g/mol. The first-order valence-corrected chi connectivity index (χ1v) is 14.0. The van der Waals surface area contributed by atoms with E-state index in [2.05, 4.69) is 19.8 Å². The van der Waals surface area contributed by atoms with Gasteiger partial charge in [0.25, 0.3) is 15.9 Å². The molecule has 0 atom stereocenters. The summed E-state index contributed by atoms with van der Waals surface area (Å²) >= 11 is 0. The van der Waals surface area contributed by atoms with Crippen molar-refractivity contribution in [3.05, 3.63) is 77.4 Å². The SMILES string of the molecule is COc1cccc(Oc2c(NS(=O)(=O)c3ccc(C(C)(C)C)cc3)ncnc2OCCc2c(C)noc2C(=O)O)c1. The zero-order chi connectivity index (χ0) is 29.8. The Balaban J connectivity index is 1.66. The van der Waals surface area contributed by atoms with Crippen molar-refractivity contribution in [2.24, 2.45) is 0 Å². The summed E-state index contributed by atoms with van der Waals surface area (Å²) in [6.45, 7) is 7.67. The van der Waals surface area contributed by atoms with E-state index in [9.17, 15) is 18.3 Å². The number of ether oxygens (including phenoxy) is 3. The third kappa shape index (κ3) is 6.92. The van der Waals surface area contributed by atoms with Gasteiger partial charge in [0.15, 0.2) is 5.82 Å². The highest BCUT2D eigenvalue weighted by molar-refractivity contribution is 7.92. The van der Waals surface area contributed by atoms with Crippen molar-refractivity contribution in [1.29, 1.82) is 0 Å². The number of carbonyl (C=O) groups is 1. The molecule has 41 heavy (non-hydrogen) atoms. The van der Waals surface area contributed by atoms with Crippen molar-refractivity contribution >= 4 is 21.8 Å². The van der Waals surface area contributed by atoms with Crippen LogP contribution < -0.4 is 18.9 Å². The number of carboxylic acids is 1. The molecule has 13 heteroatoms. The number of carboxylic acid groups (broad SMARTS) is 1. The third-order valence-corrected chi connectivity index (χ3v) is 7.42. The minimum absolute atomic E-state index is 0.0306. The molecular weight excluding hydrogens is 552 g/mol. The van der Waals surface area contributed by atoms with Crippen LogP contribution >= 0.6 is 0 Å². The second kappa shape index (κ2) is 11.8. The van der Waals surface area contributed by atoms with Gasteiger partial charge in [0.1, 0.15) is 17.8 Å². The summed E-state index contributed by atoms with van der Waals surface area (Å²) in [7, 11) is -2.58. The number of benzene rings is 2. The quantitative estimate of drug-likeness (QED) is 0.245. The van der Waals surface area contributed by atoms with Crippen molar-refractivity contribution in [2.75, 3.05) is 18.4 Å². The van der Waals surface area contributed by atoms with E-state index < -0.39 is 16.0 Å².